The van der Waals surface area contributed by atoms with Crippen LogP contribution < -0.4 is 4.72 Å². The Balaban J connectivity index is 0.000000538. The fraction of sp³-hybridized carbons (Fsp3) is 0.259. The van der Waals surface area contributed by atoms with Gasteiger partial charge in [-0.25, -0.2) is 13.3 Å². The molecule has 0 saturated carbocycles. The van der Waals surface area contributed by atoms with E-state index in [1.54, 1.807) is 48.5 Å². The molecule has 1 aliphatic heterocycles. The van der Waals surface area contributed by atoms with E-state index in [-0.39, 0.29) is 24.0 Å². The summed E-state index contributed by atoms with van der Waals surface area (Å²) in [5.41, 5.74) is 2.45. The number of fused-ring (bicyclic) bond motifs is 1. The lowest BCUT2D eigenvalue weighted by Gasteiger charge is -2.15. The van der Waals surface area contributed by atoms with E-state index >= 15 is 0 Å². The number of imide groups is 1. The van der Waals surface area contributed by atoms with Crippen LogP contribution in [0.15, 0.2) is 88.1 Å². The van der Waals surface area contributed by atoms with Gasteiger partial charge in [0.15, 0.2) is 0 Å². The highest BCUT2D eigenvalue weighted by atomic mass is 35.5. The van der Waals surface area contributed by atoms with Crippen LogP contribution in [-0.4, -0.2) is 33.6 Å². The number of nitrogens with zero attached hydrogens (tertiary/aromatic N) is 2. The number of carbonyl (C=O) groups is 2. The first-order chi connectivity index (χ1) is 17.1. The average molecular weight is 528 g/mol. The van der Waals surface area contributed by atoms with Crippen LogP contribution in [0, 0.1) is 0 Å². The lowest BCUT2D eigenvalue weighted by atomic mass is 10.1. The Morgan fingerprint density at radius 2 is 1.36 bits per heavy atom. The quantitative estimate of drug-likeness (QED) is 0.423. The molecule has 36 heavy (non-hydrogen) atoms. The molecule has 1 atom stereocenters. The van der Waals surface area contributed by atoms with Crippen molar-refractivity contribution in [2.24, 2.45) is 4.36 Å². The molecule has 3 aromatic rings. The molecule has 3 aromatic carbocycles. The predicted octanol–water partition coefficient (Wildman–Crippen LogP) is 5.60. The molecule has 0 saturated heterocycles. The zero-order chi connectivity index (χ0) is 26.3. The molecule has 0 fully saturated rings. The normalized spacial score (nSPS) is 14.5. The van der Waals surface area contributed by atoms with Crippen molar-refractivity contribution in [2.75, 3.05) is 7.05 Å². The molecule has 2 amide bonds. The third-order valence-electron chi connectivity index (χ3n) is 5.27. The number of hydrogen-bond donors (Lipinski definition) is 1. The molecule has 1 N–H and O–H groups in total. The number of hydrogen-bond acceptors (Lipinski definition) is 5. The Kier molecular flexibility index (Phi) is 9.03. The maximum Gasteiger partial charge on any atom is 0.261 e. The molecule has 190 valence electrons. The van der Waals surface area contributed by atoms with E-state index in [0.29, 0.717) is 22.6 Å². The molecule has 0 radical (unpaired) electrons. The molecule has 1 heterocycles. The summed E-state index contributed by atoms with van der Waals surface area (Å²) >= 11 is 4.98. The summed E-state index contributed by atoms with van der Waals surface area (Å²) in [5, 5.41) is 0. The van der Waals surface area contributed by atoms with Crippen LogP contribution in [0.4, 0.5) is 0 Å². The first-order valence-electron chi connectivity index (χ1n) is 11.4. The number of benzene rings is 3. The molecule has 0 bridgehead atoms. The van der Waals surface area contributed by atoms with Gasteiger partial charge in [0.1, 0.15) is 9.92 Å². The third kappa shape index (κ3) is 6.79. The molecular weight excluding hydrogens is 498 g/mol. The van der Waals surface area contributed by atoms with E-state index in [0.717, 1.165) is 11.1 Å². The standard InChI is InChI=1S/C23H21N3O3S.C4H9ClO/c1-24-30(29,25-15-17-7-3-2-4-8-17)19-13-11-18(12-14-19)16-26-22(27)20-9-5-6-10-21(20)23(26)28;1-4(2,3)6-5/h2-14H,15-16H2,1H3,(H,24,25,29);1-3H3. The fourth-order valence-electron chi connectivity index (χ4n) is 3.37. The van der Waals surface area contributed by atoms with Gasteiger partial charge in [-0.3, -0.25) is 18.8 Å². The minimum Gasteiger partial charge on any atom is -0.273 e. The topological polar surface area (TPSA) is 88.1 Å². The van der Waals surface area contributed by atoms with Crippen LogP contribution in [0.25, 0.3) is 0 Å². The molecule has 0 aliphatic carbocycles. The second-order valence-electron chi connectivity index (χ2n) is 9.09. The Bertz CT molecular complexity index is 1290. The lowest BCUT2D eigenvalue weighted by Crippen LogP contribution is -2.29. The summed E-state index contributed by atoms with van der Waals surface area (Å²) in [4.78, 5) is 26.9. The highest BCUT2D eigenvalue weighted by Crippen LogP contribution is 2.24. The Morgan fingerprint density at radius 1 is 0.861 bits per heavy atom. The van der Waals surface area contributed by atoms with Crippen molar-refractivity contribution >= 4 is 33.6 Å². The summed E-state index contributed by atoms with van der Waals surface area (Å²) < 4.78 is 24.8. The maximum absolute atomic E-state index is 13.2. The van der Waals surface area contributed by atoms with E-state index in [2.05, 4.69) is 13.4 Å². The first kappa shape index (κ1) is 27.5. The van der Waals surface area contributed by atoms with E-state index in [4.69, 9.17) is 11.9 Å². The van der Waals surface area contributed by atoms with Gasteiger partial charge in [0, 0.05) is 13.6 Å². The Hall–Kier alpha value is -3.04. The van der Waals surface area contributed by atoms with Crippen molar-refractivity contribution in [2.45, 2.75) is 44.4 Å². The minimum atomic E-state index is -2.79. The summed E-state index contributed by atoms with van der Waals surface area (Å²) in [6.45, 7) is 6.25. The lowest BCUT2D eigenvalue weighted by molar-refractivity contribution is 0.0642. The van der Waals surface area contributed by atoms with E-state index in [1.165, 1.54) is 11.9 Å². The molecule has 4 rings (SSSR count). The van der Waals surface area contributed by atoms with Gasteiger partial charge in [-0.2, -0.15) is 0 Å². The average Bonchev–Trinajstić information content (AvgIpc) is 3.13. The van der Waals surface area contributed by atoms with Crippen LogP contribution in [0.2, 0.25) is 0 Å². The van der Waals surface area contributed by atoms with Crippen LogP contribution in [-0.2, 0) is 27.3 Å². The van der Waals surface area contributed by atoms with Crippen molar-refractivity contribution in [3.05, 3.63) is 101 Å². The van der Waals surface area contributed by atoms with Gasteiger partial charge < -0.3 is 0 Å². The molecule has 9 heteroatoms. The monoisotopic (exact) mass is 527 g/mol. The zero-order valence-corrected chi connectivity index (χ0v) is 22.3. The largest absolute Gasteiger partial charge is 0.273 e. The number of halogens is 1. The number of nitrogens with one attached hydrogen (secondary N) is 1. The van der Waals surface area contributed by atoms with E-state index in [9.17, 15) is 13.8 Å². The molecule has 0 aromatic heterocycles. The van der Waals surface area contributed by atoms with Crippen molar-refractivity contribution in [1.82, 2.24) is 9.62 Å². The Morgan fingerprint density at radius 3 is 1.83 bits per heavy atom. The molecular formula is C27H30ClN3O4S. The molecule has 7 nitrogen and oxygen atoms in total. The van der Waals surface area contributed by atoms with Crippen molar-refractivity contribution in [1.29, 1.82) is 0 Å². The minimum absolute atomic E-state index is 0.161. The van der Waals surface area contributed by atoms with Gasteiger partial charge in [-0.05, 0) is 56.2 Å². The summed E-state index contributed by atoms with van der Waals surface area (Å²) in [7, 11) is -1.26. The summed E-state index contributed by atoms with van der Waals surface area (Å²) in [6.07, 6.45) is 0. The molecule has 1 unspecified atom stereocenters. The van der Waals surface area contributed by atoms with E-state index < -0.39 is 9.92 Å². The van der Waals surface area contributed by atoms with Gasteiger partial charge in [-0.1, -0.05) is 54.6 Å². The second kappa shape index (κ2) is 11.8. The van der Waals surface area contributed by atoms with Gasteiger partial charge in [0.05, 0.1) is 40.0 Å². The van der Waals surface area contributed by atoms with Crippen LogP contribution in [0.5, 0.6) is 0 Å². The highest BCUT2D eigenvalue weighted by molar-refractivity contribution is 7.91. The number of amides is 2. The fourth-order valence-corrected chi connectivity index (χ4v) is 4.75. The van der Waals surface area contributed by atoms with Crippen molar-refractivity contribution in [3.8, 4) is 0 Å². The number of carbonyl (C=O) groups excluding carboxylic acids is 2. The SMILES string of the molecule is CC(C)(C)OCl.CN=S(=O)(NCc1ccccc1)c1ccc(CN2C(=O)c3ccccc3C2=O)cc1. The highest BCUT2D eigenvalue weighted by Gasteiger charge is 2.34. The second-order valence-corrected chi connectivity index (χ2v) is 11.4. The maximum atomic E-state index is 13.2. The van der Waals surface area contributed by atoms with E-state index in [1.807, 2.05) is 51.1 Å². The third-order valence-corrected chi connectivity index (χ3v) is 7.69. The van der Waals surface area contributed by atoms with Crippen LogP contribution in [0.1, 0.15) is 52.6 Å². The van der Waals surface area contributed by atoms with Crippen LogP contribution >= 0.6 is 11.9 Å². The van der Waals surface area contributed by atoms with Crippen molar-refractivity contribution in [3.63, 3.8) is 0 Å². The Labute approximate surface area is 217 Å². The van der Waals surface area contributed by atoms with Crippen molar-refractivity contribution < 1.29 is 18.1 Å². The molecule has 1 aliphatic rings. The van der Waals surface area contributed by atoms with Gasteiger partial charge in [0.25, 0.3) is 11.8 Å². The smallest absolute Gasteiger partial charge is 0.261 e. The summed E-state index contributed by atoms with van der Waals surface area (Å²) in [5.74, 6) is -0.590. The molecule has 0 spiro atoms. The van der Waals surface area contributed by atoms with Gasteiger partial charge in [-0.15, -0.1) is 0 Å². The van der Waals surface area contributed by atoms with Gasteiger partial charge in [0.2, 0.25) is 0 Å². The predicted molar refractivity (Wildman–Crippen MR) is 142 cm³/mol. The first-order valence-corrected chi connectivity index (χ1v) is 13.2. The summed E-state index contributed by atoms with van der Waals surface area (Å²) in [6, 6.07) is 23.5. The number of rotatable bonds is 6. The van der Waals surface area contributed by atoms with Gasteiger partial charge >= 0.3 is 0 Å². The van der Waals surface area contributed by atoms with Crippen LogP contribution in [0.3, 0.4) is 0 Å². The zero-order valence-electron chi connectivity index (χ0n) is 20.7.